The number of rotatable bonds is 6. The van der Waals surface area contributed by atoms with E-state index in [4.69, 9.17) is 9.72 Å². The minimum Gasteiger partial charge on any atom is -0.493 e. The predicted octanol–water partition coefficient (Wildman–Crippen LogP) is 5.90. The van der Waals surface area contributed by atoms with Gasteiger partial charge < -0.3 is 15.0 Å². The normalized spacial score (nSPS) is 16.3. The van der Waals surface area contributed by atoms with Crippen molar-refractivity contribution in [1.29, 1.82) is 0 Å². The summed E-state index contributed by atoms with van der Waals surface area (Å²) in [6.07, 6.45) is 8.09. The topological polar surface area (TPSA) is 54.7 Å². The highest BCUT2D eigenvalue weighted by molar-refractivity contribution is 5.85. The molecule has 1 unspecified atom stereocenters. The van der Waals surface area contributed by atoms with Crippen LogP contribution in [0.1, 0.15) is 24.0 Å². The minimum absolute atomic E-state index is 0. The molecule has 1 fully saturated rings. The zero-order chi connectivity index (χ0) is 22.8. The number of imidazole rings is 1. The van der Waals surface area contributed by atoms with Crippen molar-refractivity contribution in [3.05, 3.63) is 72.3 Å². The summed E-state index contributed by atoms with van der Waals surface area (Å²) in [6.45, 7) is 7.29. The first-order valence-electron chi connectivity index (χ1n) is 11.6. The molecule has 1 aliphatic heterocycles. The van der Waals surface area contributed by atoms with Crippen LogP contribution in [0.3, 0.4) is 0 Å². The second-order valence-corrected chi connectivity index (χ2v) is 9.14. The Morgan fingerprint density at radius 3 is 2.56 bits per heavy atom. The minimum atomic E-state index is 0. The van der Waals surface area contributed by atoms with Crippen molar-refractivity contribution in [3.8, 4) is 17.0 Å². The fourth-order valence-corrected chi connectivity index (χ4v) is 4.70. The van der Waals surface area contributed by atoms with Gasteiger partial charge in [-0.05, 0) is 75.7 Å². The van der Waals surface area contributed by atoms with E-state index in [9.17, 15) is 0 Å². The van der Waals surface area contributed by atoms with Crippen LogP contribution in [0.25, 0.3) is 16.8 Å². The van der Waals surface area contributed by atoms with Crippen molar-refractivity contribution in [3.63, 3.8) is 0 Å². The molecular formula is C27H32ClN5O. The molecule has 0 saturated carbocycles. The number of benzene rings is 2. The molecule has 1 N–H and O–H groups in total. The molecule has 178 valence electrons. The lowest BCUT2D eigenvalue weighted by atomic mass is 9.99. The fourth-order valence-electron chi connectivity index (χ4n) is 4.70. The lowest BCUT2D eigenvalue weighted by Gasteiger charge is -2.29. The number of ether oxygens (including phenoxy) is 1. The highest BCUT2D eigenvalue weighted by atomic mass is 35.5. The van der Waals surface area contributed by atoms with Gasteiger partial charge in [-0.3, -0.25) is 4.40 Å². The van der Waals surface area contributed by atoms with Gasteiger partial charge in [0.05, 0.1) is 31.0 Å². The quantitative estimate of drug-likeness (QED) is 0.374. The number of piperidine rings is 1. The molecule has 0 amide bonds. The molecule has 5 rings (SSSR count). The van der Waals surface area contributed by atoms with Crippen molar-refractivity contribution in [1.82, 2.24) is 19.3 Å². The van der Waals surface area contributed by atoms with E-state index in [2.05, 4.69) is 70.8 Å². The maximum Gasteiger partial charge on any atom is 0.156 e. The van der Waals surface area contributed by atoms with E-state index in [0.29, 0.717) is 5.92 Å². The lowest BCUT2D eigenvalue weighted by Crippen LogP contribution is -2.34. The number of hydrogen-bond acceptors (Lipinski definition) is 5. The van der Waals surface area contributed by atoms with Crippen molar-refractivity contribution in [2.75, 3.05) is 32.1 Å². The van der Waals surface area contributed by atoms with Gasteiger partial charge in [0.15, 0.2) is 5.82 Å². The van der Waals surface area contributed by atoms with Crippen LogP contribution in [0.5, 0.6) is 5.75 Å². The van der Waals surface area contributed by atoms with Crippen molar-refractivity contribution in [2.24, 2.45) is 5.92 Å². The van der Waals surface area contributed by atoms with Crippen LogP contribution in [-0.2, 0) is 0 Å². The zero-order valence-electron chi connectivity index (χ0n) is 20.0. The van der Waals surface area contributed by atoms with Gasteiger partial charge in [0.2, 0.25) is 0 Å². The molecule has 1 saturated heterocycles. The molecule has 0 bridgehead atoms. The first kappa shape index (κ1) is 24.0. The molecule has 0 spiro atoms. The molecular weight excluding hydrogens is 446 g/mol. The highest BCUT2D eigenvalue weighted by Crippen LogP contribution is 2.29. The number of likely N-dealkylation sites (tertiary alicyclic amines) is 1. The van der Waals surface area contributed by atoms with Crippen LogP contribution in [0.4, 0.5) is 11.5 Å². The molecule has 2 aromatic carbocycles. The van der Waals surface area contributed by atoms with Gasteiger partial charge in [-0.15, -0.1) is 12.4 Å². The van der Waals surface area contributed by atoms with E-state index in [1.807, 2.05) is 30.9 Å². The Bertz CT molecular complexity index is 1230. The predicted molar refractivity (Wildman–Crippen MR) is 141 cm³/mol. The van der Waals surface area contributed by atoms with E-state index in [0.717, 1.165) is 47.2 Å². The Morgan fingerprint density at radius 2 is 1.82 bits per heavy atom. The molecule has 2 aromatic heterocycles. The number of hydrogen-bond donors (Lipinski definition) is 1. The van der Waals surface area contributed by atoms with Crippen LogP contribution in [-0.4, -0.2) is 46.0 Å². The summed E-state index contributed by atoms with van der Waals surface area (Å²) in [7, 11) is 2.19. The number of aryl methyl sites for hydroxylation is 2. The maximum atomic E-state index is 6.09. The van der Waals surface area contributed by atoms with Gasteiger partial charge in [-0.25, -0.2) is 9.97 Å². The highest BCUT2D eigenvalue weighted by Gasteiger charge is 2.18. The molecule has 0 radical (unpaired) electrons. The molecule has 0 aliphatic carbocycles. The third-order valence-electron chi connectivity index (χ3n) is 6.54. The largest absolute Gasteiger partial charge is 0.493 e. The Balaban J connectivity index is 0.00000274. The monoisotopic (exact) mass is 477 g/mol. The summed E-state index contributed by atoms with van der Waals surface area (Å²) in [5.41, 5.74) is 6.48. The van der Waals surface area contributed by atoms with Gasteiger partial charge in [0.25, 0.3) is 0 Å². The molecule has 34 heavy (non-hydrogen) atoms. The number of aromatic nitrogens is 3. The average Bonchev–Trinajstić information content (AvgIpc) is 3.31. The fraction of sp³-hybridized carbons (Fsp3) is 0.333. The Hall–Kier alpha value is -3.09. The van der Waals surface area contributed by atoms with Crippen molar-refractivity contribution >= 4 is 29.4 Å². The Kier molecular flexibility index (Phi) is 7.39. The van der Waals surface area contributed by atoms with Crippen molar-refractivity contribution in [2.45, 2.75) is 26.7 Å². The smallest absolute Gasteiger partial charge is 0.156 e. The van der Waals surface area contributed by atoms with Gasteiger partial charge >= 0.3 is 0 Å². The summed E-state index contributed by atoms with van der Waals surface area (Å²) in [5, 5.41) is 3.51. The van der Waals surface area contributed by atoms with Gasteiger partial charge in [-0.2, -0.15) is 0 Å². The van der Waals surface area contributed by atoms with E-state index in [-0.39, 0.29) is 12.4 Å². The average molecular weight is 478 g/mol. The lowest BCUT2D eigenvalue weighted by molar-refractivity contribution is 0.150. The third-order valence-corrected chi connectivity index (χ3v) is 6.54. The third kappa shape index (κ3) is 5.03. The standard InChI is InChI=1S/C27H31N5O.ClH/c1-19-6-4-7-20(2)26(19)30-27-25-14-28-18-32(25)24(15-29-27)22-9-11-23(12-10-22)33-17-21-8-5-13-31(3)16-21;/h4,6-7,9-12,14-15,18,21H,5,8,13,16-17H2,1-3H3,(H,29,30);1H. The first-order chi connectivity index (χ1) is 16.1. The van der Waals surface area contributed by atoms with Gasteiger partial charge in [0.1, 0.15) is 11.3 Å². The number of halogens is 1. The summed E-state index contributed by atoms with van der Waals surface area (Å²) >= 11 is 0. The Labute approximate surface area is 207 Å². The molecule has 1 aliphatic rings. The number of nitrogens with one attached hydrogen (secondary N) is 1. The molecule has 7 heteroatoms. The number of fused-ring (bicyclic) bond motifs is 1. The van der Waals surface area contributed by atoms with E-state index >= 15 is 0 Å². The van der Waals surface area contributed by atoms with Crippen molar-refractivity contribution < 1.29 is 4.74 Å². The zero-order valence-corrected chi connectivity index (χ0v) is 20.8. The second kappa shape index (κ2) is 10.5. The summed E-state index contributed by atoms with van der Waals surface area (Å²) in [4.78, 5) is 11.5. The number of anilines is 2. The second-order valence-electron chi connectivity index (χ2n) is 9.14. The summed E-state index contributed by atoms with van der Waals surface area (Å²) < 4.78 is 8.17. The number of nitrogens with zero attached hydrogens (tertiary/aromatic N) is 4. The van der Waals surface area contributed by atoms with E-state index < -0.39 is 0 Å². The SMILES string of the molecule is Cc1cccc(C)c1Nc1ncc(-c2ccc(OCC3CCCN(C)C3)cc2)n2cncc12.Cl. The molecule has 1 atom stereocenters. The maximum absolute atomic E-state index is 6.09. The van der Waals surface area contributed by atoms with Crippen LogP contribution in [0, 0.1) is 19.8 Å². The Morgan fingerprint density at radius 1 is 1.06 bits per heavy atom. The molecule has 4 aromatic rings. The van der Waals surface area contributed by atoms with Gasteiger partial charge in [0, 0.05) is 23.7 Å². The molecule has 6 nitrogen and oxygen atoms in total. The van der Waals surface area contributed by atoms with E-state index in [1.54, 1.807) is 0 Å². The van der Waals surface area contributed by atoms with Crippen LogP contribution < -0.4 is 10.1 Å². The van der Waals surface area contributed by atoms with Crippen LogP contribution in [0.15, 0.2) is 61.2 Å². The van der Waals surface area contributed by atoms with Crippen LogP contribution in [0.2, 0.25) is 0 Å². The van der Waals surface area contributed by atoms with Gasteiger partial charge in [-0.1, -0.05) is 18.2 Å². The van der Waals surface area contributed by atoms with E-state index in [1.165, 1.54) is 30.5 Å². The summed E-state index contributed by atoms with van der Waals surface area (Å²) in [6, 6.07) is 14.6. The molecule has 3 heterocycles. The number of para-hydroxylation sites is 1. The first-order valence-corrected chi connectivity index (χ1v) is 11.6. The van der Waals surface area contributed by atoms with Crippen LogP contribution >= 0.6 is 12.4 Å². The summed E-state index contributed by atoms with van der Waals surface area (Å²) in [5.74, 6) is 2.32.